The molecule has 0 aliphatic carbocycles. The van der Waals surface area contributed by atoms with Crippen molar-refractivity contribution in [2.45, 2.75) is 18.4 Å². The van der Waals surface area contributed by atoms with Gasteiger partial charge in [-0.2, -0.15) is 0 Å². The summed E-state index contributed by atoms with van der Waals surface area (Å²) in [6.07, 6.45) is 0. The zero-order valence-corrected chi connectivity index (χ0v) is 17.2. The second-order valence-corrected chi connectivity index (χ2v) is 12.6. The summed E-state index contributed by atoms with van der Waals surface area (Å²) in [6, 6.07) is 13.9. The molecule has 4 nitrogen and oxygen atoms in total. The van der Waals surface area contributed by atoms with E-state index in [2.05, 4.69) is 0 Å². The minimum absolute atomic E-state index is 0.157. The van der Waals surface area contributed by atoms with E-state index in [1.807, 2.05) is 19.1 Å². The third-order valence-electron chi connectivity index (χ3n) is 3.30. The predicted octanol–water partition coefficient (Wildman–Crippen LogP) is 3.88. The van der Waals surface area contributed by atoms with Crippen LogP contribution in [-0.4, -0.2) is 24.6 Å². The molecule has 132 valence electrons. The van der Waals surface area contributed by atoms with Crippen LogP contribution in [0.15, 0.2) is 53.4 Å². The molecule has 0 aliphatic heterocycles. The average Bonchev–Trinajstić information content (AvgIpc) is 2.55. The summed E-state index contributed by atoms with van der Waals surface area (Å²) in [7, 11) is 9.73. The van der Waals surface area contributed by atoms with Crippen LogP contribution in [-0.2, 0) is 30.1 Å². The molecule has 0 unspecified atom stereocenters. The molecule has 2 rings (SSSR count). The van der Waals surface area contributed by atoms with Gasteiger partial charge in [-0.15, -0.1) is 0 Å². The third kappa shape index (κ3) is 5.11. The standard InChI is InChI=1S/C16H17NO3S.2ClH.Ru/c1-13-4-10-16(11-5-13)21(18,19)17(2)12-14-6-8-15(20-3)9-7-14;;;/h2,4-11H,12H2,1,3H3;2*1H;/q;;;+2/p-2. The van der Waals surface area contributed by atoms with Crippen LogP contribution in [0.5, 0.6) is 5.75 Å². The van der Waals surface area contributed by atoms with Gasteiger partial charge >= 0.3 is 156 Å². The van der Waals surface area contributed by atoms with Crippen LogP contribution >= 0.6 is 19.4 Å². The van der Waals surface area contributed by atoms with E-state index in [4.69, 9.17) is 24.1 Å². The van der Waals surface area contributed by atoms with Crippen molar-refractivity contribution in [2.75, 3.05) is 7.11 Å². The minimum atomic E-state index is -3.71. The molecule has 0 bridgehead atoms. The molecule has 0 radical (unpaired) electrons. The van der Waals surface area contributed by atoms with Gasteiger partial charge in [-0.25, -0.2) is 0 Å². The van der Waals surface area contributed by atoms with E-state index < -0.39 is 23.5 Å². The second-order valence-electron chi connectivity index (χ2n) is 5.01. The van der Waals surface area contributed by atoms with E-state index in [1.54, 1.807) is 43.5 Å². The van der Waals surface area contributed by atoms with Crippen LogP contribution in [0.25, 0.3) is 0 Å². The quantitative estimate of drug-likeness (QED) is 0.596. The number of sulfonamides is 1. The number of methoxy groups -OCH3 is 1. The van der Waals surface area contributed by atoms with Gasteiger partial charge in [-0.1, -0.05) is 0 Å². The Kier molecular flexibility index (Phi) is 6.96. The van der Waals surface area contributed by atoms with Gasteiger partial charge in [0, 0.05) is 0 Å². The zero-order chi connectivity index (χ0) is 17.7. The number of halogens is 2. The maximum absolute atomic E-state index is 12.9. The first-order valence-corrected chi connectivity index (χ1v) is 13.8. The van der Waals surface area contributed by atoms with E-state index in [-0.39, 0.29) is 11.4 Å². The number of nitrogens with zero attached hydrogens (tertiary/aromatic N) is 1. The Bertz CT molecular complexity index is 817. The summed E-state index contributed by atoms with van der Waals surface area (Å²) in [6.45, 7) is 2.06. The SMILES string of the molecule is COc1ccc(CN([CH]=[Ru]([Cl])[Cl])S(=O)(=O)c2ccc(C)cc2)cc1. The van der Waals surface area contributed by atoms with Crippen LogP contribution in [0.3, 0.4) is 0 Å². The summed E-state index contributed by atoms with van der Waals surface area (Å²) in [5, 5.41) is 0. The fourth-order valence-electron chi connectivity index (χ4n) is 2.00. The molecule has 0 atom stereocenters. The van der Waals surface area contributed by atoms with Crippen LogP contribution in [0.4, 0.5) is 0 Å². The molecule has 0 spiro atoms. The first-order chi connectivity index (χ1) is 11.3. The van der Waals surface area contributed by atoms with Crippen molar-refractivity contribution in [1.29, 1.82) is 0 Å². The van der Waals surface area contributed by atoms with Crippen LogP contribution in [0.2, 0.25) is 0 Å². The zero-order valence-electron chi connectivity index (χ0n) is 13.1. The Morgan fingerprint density at radius 1 is 1.08 bits per heavy atom. The topological polar surface area (TPSA) is 46.6 Å². The van der Waals surface area contributed by atoms with Gasteiger partial charge in [0.05, 0.1) is 0 Å². The van der Waals surface area contributed by atoms with Gasteiger partial charge in [0.2, 0.25) is 0 Å². The van der Waals surface area contributed by atoms with E-state index in [9.17, 15) is 8.42 Å². The summed E-state index contributed by atoms with van der Waals surface area (Å²) in [4.78, 5) is 0.210. The van der Waals surface area contributed by atoms with Gasteiger partial charge in [0.15, 0.2) is 0 Å². The van der Waals surface area contributed by atoms with Crippen molar-refractivity contribution in [2.24, 2.45) is 0 Å². The maximum atomic E-state index is 12.9. The number of rotatable bonds is 6. The molecule has 8 heteroatoms. The van der Waals surface area contributed by atoms with Crippen molar-refractivity contribution in [3.63, 3.8) is 0 Å². The molecule has 0 fully saturated rings. The number of ether oxygens (including phenoxy) is 1. The van der Waals surface area contributed by atoms with Crippen molar-refractivity contribution >= 4 is 34.1 Å². The Labute approximate surface area is 155 Å². The Balaban J connectivity index is 2.36. The van der Waals surface area contributed by atoms with Gasteiger partial charge in [-0.05, 0) is 0 Å². The number of benzene rings is 2. The molecule has 0 amide bonds. The van der Waals surface area contributed by atoms with E-state index in [0.29, 0.717) is 5.75 Å². The average molecular weight is 475 g/mol. The number of hydrogen-bond donors (Lipinski definition) is 0. The van der Waals surface area contributed by atoms with E-state index in [0.717, 1.165) is 11.1 Å². The Hall–Kier alpha value is -0.777. The second kappa shape index (κ2) is 8.55. The fraction of sp³-hybridized carbons (Fsp3) is 0.188. The van der Waals surface area contributed by atoms with Crippen molar-refractivity contribution in [3.8, 4) is 5.75 Å². The monoisotopic (exact) mass is 475 g/mol. The fourth-order valence-corrected chi connectivity index (χ4v) is 6.34. The molecule has 0 aliphatic rings. The predicted molar refractivity (Wildman–Crippen MR) is 94.7 cm³/mol. The van der Waals surface area contributed by atoms with Crippen molar-refractivity contribution in [3.05, 3.63) is 59.7 Å². The van der Waals surface area contributed by atoms with Crippen LogP contribution in [0, 0.1) is 6.92 Å². The molecule has 0 heterocycles. The van der Waals surface area contributed by atoms with Crippen molar-refractivity contribution < 1.29 is 26.7 Å². The Morgan fingerprint density at radius 2 is 1.67 bits per heavy atom. The number of hydrogen-bond acceptors (Lipinski definition) is 3. The molecule has 0 saturated heterocycles. The molecule has 0 N–H and O–H groups in total. The van der Waals surface area contributed by atoms with Crippen LogP contribution < -0.4 is 4.74 Å². The molecule has 0 saturated carbocycles. The summed E-state index contributed by atoms with van der Waals surface area (Å²) >= 11 is -2.32. The van der Waals surface area contributed by atoms with E-state index >= 15 is 0 Å². The van der Waals surface area contributed by atoms with Gasteiger partial charge in [0.25, 0.3) is 0 Å². The first kappa shape index (κ1) is 19.5. The first-order valence-electron chi connectivity index (χ1n) is 6.87. The molecule has 0 aromatic heterocycles. The number of aryl methyl sites for hydroxylation is 1. The molecule has 2 aromatic rings. The van der Waals surface area contributed by atoms with Gasteiger partial charge < -0.3 is 0 Å². The Morgan fingerprint density at radius 3 is 2.17 bits per heavy atom. The van der Waals surface area contributed by atoms with Gasteiger partial charge in [0.1, 0.15) is 0 Å². The summed E-state index contributed by atoms with van der Waals surface area (Å²) in [5.74, 6) is 0.706. The van der Waals surface area contributed by atoms with Gasteiger partial charge in [-0.3, -0.25) is 0 Å². The van der Waals surface area contributed by atoms with E-state index in [1.165, 1.54) is 9.04 Å². The molecule has 2 aromatic carbocycles. The normalized spacial score (nSPS) is 12.1. The van der Waals surface area contributed by atoms with Crippen molar-refractivity contribution in [1.82, 2.24) is 4.31 Å². The summed E-state index contributed by atoms with van der Waals surface area (Å²) in [5.41, 5.74) is 1.80. The molecular weight excluding hydrogens is 458 g/mol. The third-order valence-corrected chi connectivity index (χ3v) is 7.01. The molecular formula is C16H17Cl2NO3RuS. The van der Waals surface area contributed by atoms with Crippen LogP contribution in [0.1, 0.15) is 11.1 Å². The molecule has 24 heavy (non-hydrogen) atoms. The summed E-state index contributed by atoms with van der Waals surface area (Å²) < 4.78 is 33.5.